The molecule has 1 unspecified atom stereocenters. The Bertz CT molecular complexity index is 296. The lowest BCUT2D eigenvalue weighted by atomic mass is 10.1. The normalized spacial score (nSPS) is 13.1. The van der Waals surface area contributed by atoms with Crippen molar-refractivity contribution in [1.29, 1.82) is 0 Å². The molecular weight excluding hydrogens is 254 g/mol. The van der Waals surface area contributed by atoms with Gasteiger partial charge < -0.3 is 5.73 Å². The number of nitrogens with zero attached hydrogens (tertiary/aromatic N) is 2. The zero-order valence-electron chi connectivity index (χ0n) is 9.54. The monoisotopic (exact) mass is 273 g/mol. The average molecular weight is 274 g/mol. The van der Waals surface area contributed by atoms with Crippen LogP contribution in [0.25, 0.3) is 0 Å². The van der Waals surface area contributed by atoms with E-state index in [4.69, 9.17) is 5.73 Å². The van der Waals surface area contributed by atoms with Crippen LogP contribution < -0.4 is 5.73 Å². The van der Waals surface area contributed by atoms with Crippen LogP contribution in [-0.2, 0) is 13.0 Å². The van der Waals surface area contributed by atoms with Crippen LogP contribution in [0, 0.1) is 0 Å². The molecule has 1 aromatic heterocycles. The standard InChI is InChI=1S/C11H20BrN3/c1-3-7-15-11(10(12)8-14-15)6-5-9(13)4-2/h8-9H,3-7,13H2,1-2H3. The fourth-order valence-corrected chi connectivity index (χ4v) is 2.06. The van der Waals surface area contributed by atoms with Crippen LogP contribution in [0.1, 0.15) is 38.8 Å². The van der Waals surface area contributed by atoms with Gasteiger partial charge in [-0.3, -0.25) is 4.68 Å². The molecule has 1 aromatic rings. The average Bonchev–Trinajstić information content (AvgIpc) is 2.57. The van der Waals surface area contributed by atoms with E-state index >= 15 is 0 Å². The maximum atomic E-state index is 5.92. The van der Waals surface area contributed by atoms with Crippen LogP contribution in [0.4, 0.5) is 0 Å². The first-order valence-electron chi connectivity index (χ1n) is 5.64. The summed E-state index contributed by atoms with van der Waals surface area (Å²) in [6.45, 7) is 5.28. The Labute approximate surface area is 100 Å². The summed E-state index contributed by atoms with van der Waals surface area (Å²) in [5.41, 5.74) is 7.20. The summed E-state index contributed by atoms with van der Waals surface area (Å²) in [6.07, 6.45) is 6.07. The lowest BCUT2D eigenvalue weighted by Crippen LogP contribution is -2.20. The van der Waals surface area contributed by atoms with E-state index in [1.165, 1.54) is 5.69 Å². The Morgan fingerprint density at radius 3 is 2.87 bits per heavy atom. The van der Waals surface area contributed by atoms with E-state index in [0.29, 0.717) is 6.04 Å². The van der Waals surface area contributed by atoms with E-state index in [1.807, 2.05) is 6.20 Å². The number of hydrogen-bond acceptors (Lipinski definition) is 2. The first-order valence-corrected chi connectivity index (χ1v) is 6.44. The van der Waals surface area contributed by atoms with Crippen LogP contribution in [0.15, 0.2) is 10.7 Å². The zero-order valence-corrected chi connectivity index (χ0v) is 11.1. The number of aryl methyl sites for hydroxylation is 1. The SMILES string of the molecule is CCCn1ncc(Br)c1CCC(N)CC. The summed E-state index contributed by atoms with van der Waals surface area (Å²) in [6, 6.07) is 0.307. The van der Waals surface area contributed by atoms with Gasteiger partial charge in [0.05, 0.1) is 16.4 Å². The minimum Gasteiger partial charge on any atom is -0.328 e. The number of halogens is 1. The highest BCUT2D eigenvalue weighted by molar-refractivity contribution is 9.10. The molecule has 15 heavy (non-hydrogen) atoms. The fraction of sp³-hybridized carbons (Fsp3) is 0.727. The molecule has 0 bridgehead atoms. The van der Waals surface area contributed by atoms with Crippen molar-refractivity contribution in [1.82, 2.24) is 9.78 Å². The molecule has 1 atom stereocenters. The number of aromatic nitrogens is 2. The summed E-state index contributed by atoms with van der Waals surface area (Å²) < 4.78 is 3.19. The Hall–Kier alpha value is -0.350. The van der Waals surface area contributed by atoms with Crippen LogP contribution in [0.3, 0.4) is 0 Å². The van der Waals surface area contributed by atoms with Gasteiger partial charge in [0, 0.05) is 12.6 Å². The second kappa shape index (κ2) is 6.28. The molecule has 0 aromatic carbocycles. The minimum atomic E-state index is 0.307. The van der Waals surface area contributed by atoms with Crippen LogP contribution in [0.5, 0.6) is 0 Å². The second-order valence-corrected chi connectivity index (χ2v) is 4.72. The highest BCUT2D eigenvalue weighted by Gasteiger charge is 2.09. The van der Waals surface area contributed by atoms with E-state index in [0.717, 1.165) is 36.7 Å². The quantitative estimate of drug-likeness (QED) is 0.866. The largest absolute Gasteiger partial charge is 0.328 e. The molecule has 0 saturated heterocycles. The molecule has 1 rings (SSSR count). The van der Waals surface area contributed by atoms with Crippen molar-refractivity contribution in [2.24, 2.45) is 5.73 Å². The molecule has 3 nitrogen and oxygen atoms in total. The third kappa shape index (κ3) is 3.61. The summed E-state index contributed by atoms with van der Waals surface area (Å²) >= 11 is 3.54. The summed E-state index contributed by atoms with van der Waals surface area (Å²) in [4.78, 5) is 0. The topological polar surface area (TPSA) is 43.8 Å². The van der Waals surface area contributed by atoms with Gasteiger partial charge in [0.2, 0.25) is 0 Å². The van der Waals surface area contributed by atoms with E-state index in [2.05, 4.69) is 39.6 Å². The van der Waals surface area contributed by atoms with E-state index in [1.54, 1.807) is 0 Å². The third-order valence-electron chi connectivity index (χ3n) is 2.61. The molecule has 0 amide bonds. The van der Waals surface area contributed by atoms with Crippen LogP contribution in [0.2, 0.25) is 0 Å². The lowest BCUT2D eigenvalue weighted by molar-refractivity contribution is 0.537. The molecule has 0 aliphatic heterocycles. The van der Waals surface area contributed by atoms with Gasteiger partial charge in [-0.15, -0.1) is 0 Å². The van der Waals surface area contributed by atoms with E-state index in [9.17, 15) is 0 Å². The van der Waals surface area contributed by atoms with Gasteiger partial charge >= 0.3 is 0 Å². The highest BCUT2D eigenvalue weighted by Crippen LogP contribution is 2.18. The molecular formula is C11H20BrN3. The van der Waals surface area contributed by atoms with Crippen molar-refractivity contribution in [3.8, 4) is 0 Å². The minimum absolute atomic E-state index is 0.307. The van der Waals surface area contributed by atoms with Crippen LogP contribution in [-0.4, -0.2) is 15.8 Å². The van der Waals surface area contributed by atoms with Gasteiger partial charge in [0.1, 0.15) is 0 Å². The number of hydrogen-bond donors (Lipinski definition) is 1. The van der Waals surface area contributed by atoms with Crippen molar-refractivity contribution >= 4 is 15.9 Å². The first kappa shape index (κ1) is 12.7. The van der Waals surface area contributed by atoms with Gasteiger partial charge in [-0.1, -0.05) is 13.8 Å². The molecule has 0 saturated carbocycles. The maximum absolute atomic E-state index is 5.92. The van der Waals surface area contributed by atoms with Crippen molar-refractivity contribution in [3.63, 3.8) is 0 Å². The predicted octanol–water partition coefficient (Wildman–Crippen LogP) is 2.73. The molecule has 0 spiro atoms. The molecule has 0 aliphatic carbocycles. The van der Waals surface area contributed by atoms with Crippen molar-refractivity contribution < 1.29 is 0 Å². The van der Waals surface area contributed by atoms with Gasteiger partial charge in [0.15, 0.2) is 0 Å². The molecule has 86 valence electrons. The molecule has 0 aliphatic rings. The molecule has 1 heterocycles. The van der Waals surface area contributed by atoms with Crippen LogP contribution >= 0.6 is 15.9 Å². The van der Waals surface area contributed by atoms with Gasteiger partial charge in [-0.25, -0.2) is 0 Å². The Balaban J connectivity index is 2.61. The molecule has 2 N–H and O–H groups in total. The smallest absolute Gasteiger partial charge is 0.0635 e. The number of rotatable bonds is 6. The first-order chi connectivity index (χ1) is 7.19. The van der Waals surface area contributed by atoms with E-state index < -0.39 is 0 Å². The van der Waals surface area contributed by atoms with Gasteiger partial charge in [-0.05, 0) is 41.6 Å². The Morgan fingerprint density at radius 2 is 2.27 bits per heavy atom. The second-order valence-electron chi connectivity index (χ2n) is 3.87. The van der Waals surface area contributed by atoms with E-state index in [-0.39, 0.29) is 0 Å². The summed E-state index contributed by atoms with van der Waals surface area (Å²) in [5, 5.41) is 4.34. The predicted molar refractivity (Wildman–Crippen MR) is 66.8 cm³/mol. The Kier molecular flexibility index (Phi) is 5.32. The molecule has 4 heteroatoms. The number of nitrogens with two attached hydrogens (primary N) is 1. The summed E-state index contributed by atoms with van der Waals surface area (Å²) in [5.74, 6) is 0. The molecule has 0 radical (unpaired) electrons. The third-order valence-corrected chi connectivity index (χ3v) is 3.27. The van der Waals surface area contributed by atoms with Gasteiger partial charge in [-0.2, -0.15) is 5.10 Å². The summed E-state index contributed by atoms with van der Waals surface area (Å²) in [7, 11) is 0. The lowest BCUT2D eigenvalue weighted by Gasteiger charge is -2.10. The highest BCUT2D eigenvalue weighted by atomic mass is 79.9. The van der Waals surface area contributed by atoms with Crippen molar-refractivity contribution in [2.45, 2.75) is 52.1 Å². The fourth-order valence-electron chi connectivity index (χ4n) is 1.57. The Morgan fingerprint density at radius 1 is 1.53 bits per heavy atom. The van der Waals surface area contributed by atoms with Gasteiger partial charge in [0.25, 0.3) is 0 Å². The zero-order chi connectivity index (χ0) is 11.3. The van der Waals surface area contributed by atoms with Crippen molar-refractivity contribution in [3.05, 3.63) is 16.4 Å². The maximum Gasteiger partial charge on any atom is 0.0635 e. The molecule has 0 fully saturated rings. The van der Waals surface area contributed by atoms with Crippen molar-refractivity contribution in [2.75, 3.05) is 0 Å².